The van der Waals surface area contributed by atoms with Crippen LogP contribution in [0.15, 0.2) is 47.6 Å². The van der Waals surface area contributed by atoms with Crippen molar-refractivity contribution in [2.45, 2.75) is 4.90 Å². The van der Waals surface area contributed by atoms with Crippen LogP contribution in [0.4, 0.5) is 0 Å². The molecular weight excluding hydrogens is 234 g/mol. The lowest BCUT2D eigenvalue weighted by molar-refractivity contribution is 0.609. The number of aromatic amines is 1. The second-order valence-corrected chi connectivity index (χ2v) is 5.63. The zero-order valence-electron chi connectivity index (χ0n) is 7.64. The minimum Gasteiger partial charge on any atom is -0.367 e. The Balaban J connectivity index is 2.42. The number of rotatable bonds is 2. The lowest BCUT2D eigenvalue weighted by atomic mass is 10.1. The molecule has 0 spiro atoms. The Hall–Kier alpha value is -1.26. The van der Waals surface area contributed by atoms with Gasteiger partial charge in [0.2, 0.25) is 0 Å². The molecule has 0 amide bonds. The first-order valence-corrected chi connectivity index (χ1v) is 6.56. The van der Waals surface area contributed by atoms with Gasteiger partial charge in [0.15, 0.2) is 0 Å². The number of nitrogens with one attached hydrogen (secondary N) is 1. The smallest absolute Gasteiger partial charge is 0.261 e. The van der Waals surface area contributed by atoms with Crippen LogP contribution in [0.1, 0.15) is 0 Å². The van der Waals surface area contributed by atoms with Gasteiger partial charge >= 0.3 is 0 Å². The summed E-state index contributed by atoms with van der Waals surface area (Å²) in [5.74, 6) is 0. The monoisotopic (exact) mass is 241 g/mol. The Morgan fingerprint density at radius 2 is 1.67 bits per heavy atom. The number of halogens is 1. The van der Waals surface area contributed by atoms with E-state index in [0.29, 0.717) is 0 Å². The molecule has 0 bridgehead atoms. The van der Waals surface area contributed by atoms with Crippen molar-refractivity contribution >= 4 is 19.7 Å². The lowest BCUT2D eigenvalue weighted by Gasteiger charge is -1.99. The maximum absolute atomic E-state index is 11.0. The van der Waals surface area contributed by atoms with Crippen LogP contribution < -0.4 is 0 Å². The van der Waals surface area contributed by atoms with Crippen LogP contribution in [-0.2, 0) is 9.05 Å². The van der Waals surface area contributed by atoms with Crippen LogP contribution in [0.2, 0.25) is 0 Å². The molecule has 1 aromatic heterocycles. The number of hydrogen-bond acceptors (Lipinski definition) is 2. The van der Waals surface area contributed by atoms with Crippen LogP contribution >= 0.6 is 10.7 Å². The van der Waals surface area contributed by atoms with Crippen molar-refractivity contribution in [3.63, 3.8) is 0 Å². The highest BCUT2D eigenvalue weighted by molar-refractivity contribution is 8.13. The number of hydrogen-bond donors (Lipinski definition) is 1. The van der Waals surface area contributed by atoms with Gasteiger partial charge in [-0.25, -0.2) is 8.42 Å². The van der Waals surface area contributed by atoms with Crippen molar-refractivity contribution in [2.75, 3.05) is 0 Å². The average Bonchev–Trinajstić information content (AvgIpc) is 2.69. The van der Waals surface area contributed by atoms with Crippen molar-refractivity contribution in [2.24, 2.45) is 0 Å². The van der Waals surface area contributed by atoms with Gasteiger partial charge in [-0.1, -0.05) is 12.1 Å². The Morgan fingerprint density at radius 1 is 1.00 bits per heavy atom. The van der Waals surface area contributed by atoms with E-state index in [1.807, 2.05) is 18.5 Å². The van der Waals surface area contributed by atoms with Gasteiger partial charge in [-0.2, -0.15) is 0 Å². The Labute approximate surface area is 92.1 Å². The standard InChI is InChI=1S/C10H8ClNO2S/c11-15(13,14)10-3-1-8(2-4-10)9-5-6-12-7-9/h1-7,12H. The molecule has 0 saturated heterocycles. The Bertz CT molecular complexity index is 544. The SMILES string of the molecule is O=S(=O)(Cl)c1ccc(-c2cc[nH]c2)cc1. The molecule has 2 aromatic rings. The molecule has 1 N–H and O–H groups in total. The fourth-order valence-electron chi connectivity index (χ4n) is 1.31. The summed E-state index contributed by atoms with van der Waals surface area (Å²) in [6, 6.07) is 8.33. The van der Waals surface area contributed by atoms with Gasteiger partial charge in [0.1, 0.15) is 0 Å². The van der Waals surface area contributed by atoms with Crippen molar-refractivity contribution < 1.29 is 8.42 Å². The molecule has 3 nitrogen and oxygen atoms in total. The highest BCUT2D eigenvalue weighted by Gasteiger charge is 2.09. The van der Waals surface area contributed by atoms with E-state index in [2.05, 4.69) is 4.98 Å². The number of H-pyrrole nitrogens is 1. The van der Waals surface area contributed by atoms with E-state index in [4.69, 9.17) is 10.7 Å². The van der Waals surface area contributed by atoms with Gasteiger partial charge in [0.25, 0.3) is 9.05 Å². The predicted molar refractivity (Wildman–Crippen MR) is 59.3 cm³/mol. The van der Waals surface area contributed by atoms with Gasteiger partial charge in [0.05, 0.1) is 4.90 Å². The largest absolute Gasteiger partial charge is 0.367 e. The topological polar surface area (TPSA) is 49.9 Å². The number of benzene rings is 1. The van der Waals surface area contributed by atoms with Gasteiger partial charge in [-0.15, -0.1) is 0 Å². The molecule has 0 fully saturated rings. The van der Waals surface area contributed by atoms with Crippen molar-refractivity contribution in [3.05, 3.63) is 42.7 Å². The fraction of sp³-hybridized carbons (Fsp3) is 0. The Kier molecular flexibility index (Phi) is 2.54. The minimum absolute atomic E-state index is 0.114. The summed E-state index contributed by atoms with van der Waals surface area (Å²) in [4.78, 5) is 3.04. The highest BCUT2D eigenvalue weighted by Crippen LogP contribution is 2.22. The van der Waals surface area contributed by atoms with E-state index in [1.165, 1.54) is 12.1 Å². The molecule has 0 unspecified atom stereocenters. The third kappa shape index (κ3) is 2.22. The molecule has 15 heavy (non-hydrogen) atoms. The maximum Gasteiger partial charge on any atom is 0.261 e. The number of aromatic nitrogens is 1. The van der Waals surface area contributed by atoms with E-state index in [1.54, 1.807) is 12.1 Å². The quantitative estimate of drug-likeness (QED) is 0.822. The summed E-state index contributed by atoms with van der Waals surface area (Å²) in [5, 5.41) is 0. The van der Waals surface area contributed by atoms with E-state index in [-0.39, 0.29) is 4.90 Å². The minimum atomic E-state index is -3.62. The molecule has 0 aliphatic rings. The molecule has 78 valence electrons. The predicted octanol–water partition coefficient (Wildman–Crippen LogP) is 2.61. The first-order valence-electron chi connectivity index (χ1n) is 4.25. The molecule has 0 aliphatic heterocycles. The molecule has 0 atom stereocenters. The van der Waals surface area contributed by atoms with Gasteiger partial charge in [0, 0.05) is 23.1 Å². The van der Waals surface area contributed by atoms with Crippen LogP contribution in [0, 0.1) is 0 Å². The summed E-state index contributed by atoms with van der Waals surface area (Å²) in [5.41, 5.74) is 1.95. The van der Waals surface area contributed by atoms with Crippen LogP contribution in [0.25, 0.3) is 11.1 Å². The summed E-state index contributed by atoms with van der Waals surface area (Å²) in [6.07, 6.45) is 3.64. The Morgan fingerprint density at radius 3 is 2.13 bits per heavy atom. The normalized spacial score (nSPS) is 11.5. The summed E-state index contributed by atoms with van der Waals surface area (Å²) in [6.45, 7) is 0. The van der Waals surface area contributed by atoms with Crippen LogP contribution in [0.3, 0.4) is 0 Å². The van der Waals surface area contributed by atoms with Gasteiger partial charge < -0.3 is 4.98 Å². The molecular formula is C10H8ClNO2S. The van der Waals surface area contributed by atoms with Crippen LogP contribution in [0.5, 0.6) is 0 Å². The van der Waals surface area contributed by atoms with E-state index in [9.17, 15) is 8.42 Å². The van der Waals surface area contributed by atoms with Crippen molar-refractivity contribution in [1.82, 2.24) is 4.98 Å². The molecule has 0 radical (unpaired) electrons. The van der Waals surface area contributed by atoms with Crippen LogP contribution in [-0.4, -0.2) is 13.4 Å². The third-order valence-electron chi connectivity index (χ3n) is 2.07. The molecule has 1 aromatic carbocycles. The second kappa shape index (κ2) is 3.72. The third-order valence-corrected chi connectivity index (χ3v) is 3.44. The maximum atomic E-state index is 11.0. The van der Waals surface area contributed by atoms with E-state index >= 15 is 0 Å². The molecule has 0 saturated carbocycles. The summed E-state index contributed by atoms with van der Waals surface area (Å²) >= 11 is 0. The summed E-state index contributed by atoms with van der Waals surface area (Å²) in [7, 11) is 1.58. The van der Waals surface area contributed by atoms with E-state index < -0.39 is 9.05 Å². The fourth-order valence-corrected chi connectivity index (χ4v) is 2.08. The zero-order valence-corrected chi connectivity index (χ0v) is 9.22. The second-order valence-electron chi connectivity index (χ2n) is 3.06. The van der Waals surface area contributed by atoms with Gasteiger partial charge in [-0.3, -0.25) is 0 Å². The molecule has 1 heterocycles. The summed E-state index contributed by atoms with van der Waals surface area (Å²) < 4.78 is 22.0. The molecule has 2 rings (SSSR count). The van der Waals surface area contributed by atoms with Crippen molar-refractivity contribution in [1.29, 1.82) is 0 Å². The van der Waals surface area contributed by atoms with Gasteiger partial charge in [-0.05, 0) is 29.3 Å². The lowest BCUT2D eigenvalue weighted by Crippen LogP contribution is -1.89. The van der Waals surface area contributed by atoms with Crippen molar-refractivity contribution in [3.8, 4) is 11.1 Å². The first kappa shape index (κ1) is 10.3. The average molecular weight is 242 g/mol. The molecule has 0 aliphatic carbocycles. The van der Waals surface area contributed by atoms with E-state index in [0.717, 1.165) is 11.1 Å². The first-order chi connectivity index (χ1) is 7.07. The zero-order chi connectivity index (χ0) is 10.9. The highest BCUT2D eigenvalue weighted by atomic mass is 35.7. The molecule has 5 heteroatoms.